The van der Waals surface area contributed by atoms with E-state index < -0.39 is 0 Å². The third-order valence-electron chi connectivity index (χ3n) is 2.30. The molecule has 0 aliphatic heterocycles. The van der Waals surface area contributed by atoms with Gasteiger partial charge in [-0.1, -0.05) is 13.8 Å². The molecule has 1 aromatic rings. The molecule has 0 N–H and O–H groups in total. The summed E-state index contributed by atoms with van der Waals surface area (Å²) in [6, 6.07) is 0. The fourth-order valence-electron chi connectivity index (χ4n) is 1.33. The molecule has 0 radical (unpaired) electrons. The highest BCUT2D eigenvalue weighted by Crippen LogP contribution is 2.17. The Morgan fingerprint density at radius 1 is 1.50 bits per heavy atom. The van der Waals surface area contributed by atoms with Crippen molar-refractivity contribution in [2.75, 3.05) is 0 Å². The predicted octanol–water partition coefficient (Wildman–Crippen LogP) is 4.04. The van der Waals surface area contributed by atoms with Crippen LogP contribution in [-0.4, -0.2) is 10.4 Å². The number of hydrogen-bond acceptors (Lipinski definition) is 2. The van der Waals surface area contributed by atoms with Crippen molar-refractivity contribution < 1.29 is 0 Å². The van der Waals surface area contributed by atoms with Gasteiger partial charge in [-0.15, -0.1) is 22.9 Å². The van der Waals surface area contributed by atoms with Gasteiger partial charge < -0.3 is 0 Å². The predicted molar refractivity (Wildman–Crippen MR) is 64.3 cm³/mol. The molecule has 1 heterocycles. The van der Waals surface area contributed by atoms with E-state index >= 15 is 0 Å². The summed E-state index contributed by atoms with van der Waals surface area (Å²) in [6.45, 7) is 6.39. The van der Waals surface area contributed by atoms with Gasteiger partial charge in [-0.25, -0.2) is 4.98 Å². The van der Waals surface area contributed by atoms with E-state index in [1.165, 1.54) is 5.69 Å². The summed E-state index contributed by atoms with van der Waals surface area (Å²) >= 11 is 7.89. The number of aromatic nitrogens is 1. The van der Waals surface area contributed by atoms with Crippen molar-refractivity contribution in [1.82, 2.24) is 4.98 Å². The van der Waals surface area contributed by atoms with Crippen LogP contribution in [-0.2, 0) is 6.42 Å². The Bertz CT molecular complexity index is 270. The van der Waals surface area contributed by atoms with Gasteiger partial charge in [0.25, 0.3) is 0 Å². The van der Waals surface area contributed by atoms with Gasteiger partial charge in [0.05, 0.1) is 10.7 Å². The lowest BCUT2D eigenvalue weighted by atomic mass is 10.0. The van der Waals surface area contributed by atoms with Crippen LogP contribution >= 0.6 is 22.9 Å². The van der Waals surface area contributed by atoms with Crippen LogP contribution in [0.15, 0.2) is 5.38 Å². The van der Waals surface area contributed by atoms with Crippen LogP contribution < -0.4 is 0 Å². The molecule has 1 atom stereocenters. The zero-order valence-electron chi connectivity index (χ0n) is 9.09. The van der Waals surface area contributed by atoms with E-state index in [1.807, 2.05) is 6.92 Å². The molecule has 0 bridgehead atoms. The summed E-state index contributed by atoms with van der Waals surface area (Å²) in [4.78, 5) is 4.43. The first kappa shape index (κ1) is 12.0. The molecule has 0 amide bonds. The first-order chi connectivity index (χ1) is 6.59. The second-order valence-corrected chi connectivity index (χ2v) is 5.63. The van der Waals surface area contributed by atoms with Gasteiger partial charge in [-0.05, 0) is 32.1 Å². The Morgan fingerprint density at radius 2 is 2.21 bits per heavy atom. The molecule has 3 heteroatoms. The Labute approximate surface area is 95.5 Å². The molecule has 80 valence electrons. The number of halogens is 1. The largest absolute Gasteiger partial charge is 0.247 e. The van der Waals surface area contributed by atoms with Gasteiger partial charge in [0.2, 0.25) is 0 Å². The Morgan fingerprint density at radius 3 is 2.71 bits per heavy atom. The molecule has 0 fully saturated rings. The SMILES string of the molecule is Cc1nc(CCCC(Cl)C(C)C)cs1. The molecule has 1 rings (SSSR count). The van der Waals surface area contributed by atoms with Crippen LogP contribution in [0.1, 0.15) is 37.4 Å². The van der Waals surface area contributed by atoms with E-state index in [0.29, 0.717) is 11.3 Å². The van der Waals surface area contributed by atoms with Crippen molar-refractivity contribution >= 4 is 22.9 Å². The quantitative estimate of drug-likeness (QED) is 0.697. The van der Waals surface area contributed by atoms with Gasteiger partial charge in [0, 0.05) is 10.8 Å². The Kier molecular flexibility index (Phi) is 4.90. The molecule has 0 saturated heterocycles. The lowest BCUT2D eigenvalue weighted by molar-refractivity contribution is 0.546. The molecule has 1 unspecified atom stereocenters. The molecule has 14 heavy (non-hydrogen) atoms. The van der Waals surface area contributed by atoms with Crippen LogP contribution in [0.3, 0.4) is 0 Å². The summed E-state index contributed by atoms with van der Waals surface area (Å²) in [5, 5.41) is 3.62. The average Bonchev–Trinajstić information content (AvgIpc) is 2.51. The standard InChI is InChI=1S/C11H18ClNS/c1-8(2)11(12)6-4-5-10-7-14-9(3)13-10/h7-8,11H,4-6H2,1-3H3. The monoisotopic (exact) mass is 231 g/mol. The minimum absolute atomic E-state index is 0.315. The van der Waals surface area contributed by atoms with Crippen LogP contribution in [0.25, 0.3) is 0 Å². The fourth-order valence-corrected chi connectivity index (χ4v) is 2.14. The zero-order valence-corrected chi connectivity index (χ0v) is 10.7. The highest BCUT2D eigenvalue weighted by Gasteiger charge is 2.09. The zero-order chi connectivity index (χ0) is 10.6. The fraction of sp³-hybridized carbons (Fsp3) is 0.727. The second kappa shape index (κ2) is 5.72. The number of rotatable bonds is 5. The Hall–Kier alpha value is -0.0800. The topological polar surface area (TPSA) is 12.9 Å². The third-order valence-corrected chi connectivity index (χ3v) is 3.85. The maximum atomic E-state index is 6.17. The van der Waals surface area contributed by atoms with Gasteiger partial charge in [-0.3, -0.25) is 0 Å². The van der Waals surface area contributed by atoms with Gasteiger partial charge >= 0.3 is 0 Å². The van der Waals surface area contributed by atoms with E-state index in [-0.39, 0.29) is 0 Å². The highest BCUT2D eigenvalue weighted by molar-refractivity contribution is 7.09. The van der Waals surface area contributed by atoms with E-state index in [9.17, 15) is 0 Å². The lowest BCUT2D eigenvalue weighted by Gasteiger charge is -2.11. The number of hydrogen-bond donors (Lipinski definition) is 0. The summed E-state index contributed by atoms with van der Waals surface area (Å²) in [6.07, 6.45) is 3.31. The van der Waals surface area contributed by atoms with E-state index in [1.54, 1.807) is 11.3 Å². The van der Waals surface area contributed by atoms with Crippen molar-refractivity contribution in [3.63, 3.8) is 0 Å². The molecule has 0 aliphatic carbocycles. The first-order valence-electron chi connectivity index (χ1n) is 5.14. The normalized spacial score (nSPS) is 13.5. The van der Waals surface area contributed by atoms with Crippen molar-refractivity contribution in [2.45, 2.75) is 45.4 Å². The highest BCUT2D eigenvalue weighted by atomic mass is 35.5. The maximum Gasteiger partial charge on any atom is 0.0897 e. The van der Waals surface area contributed by atoms with Crippen LogP contribution in [0.4, 0.5) is 0 Å². The number of alkyl halides is 1. The van der Waals surface area contributed by atoms with Crippen molar-refractivity contribution in [3.8, 4) is 0 Å². The number of nitrogens with zero attached hydrogens (tertiary/aromatic N) is 1. The lowest BCUT2D eigenvalue weighted by Crippen LogP contribution is -2.07. The molecule has 1 nitrogen and oxygen atoms in total. The minimum Gasteiger partial charge on any atom is -0.247 e. The Balaban J connectivity index is 2.22. The third kappa shape index (κ3) is 3.97. The molecule has 0 saturated carbocycles. The van der Waals surface area contributed by atoms with Gasteiger partial charge in [0.1, 0.15) is 0 Å². The van der Waals surface area contributed by atoms with Crippen molar-refractivity contribution in [1.29, 1.82) is 0 Å². The molecule has 0 aromatic carbocycles. The maximum absolute atomic E-state index is 6.17. The van der Waals surface area contributed by atoms with Gasteiger partial charge in [-0.2, -0.15) is 0 Å². The smallest absolute Gasteiger partial charge is 0.0897 e. The second-order valence-electron chi connectivity index (χ2n) is 4.01. The number of aryl methyl sites for hydroxylation is 2. The van der Waals surface area contributed by atoms with Crippen molar-refractivity contribution in [3.05, 3.63) is 16.1 Å². The summed E-state index contributed by atoms with van der Waals surface area (Å²) in [5.41, 5.74) is 1.22. The molecule has 1 aromatic heterocycles. The van der Waals surface area contributed by atoms with Crippen LogP contribution in [0, 0.1) is 12.8 Å². The van der Waals surface area contributed by atoms with E-state index in [2.05, 4.69) is 24.2 Å². The minimum atomic E-state index is 0.315. The van der Waals surface area contributed by atoms with E-state index in [4.69, 9.17) is 11.6 Å². The van der Waals surface area contributed by atoms with E-state index in [0.717, 1.165) is 24.3 Å². The molecule has 0 spiro atoms. The number of thiazole rings is 1. The average molecular weight is 232 g/mol. The summed E-state index contributed by atoms with van der Waals surface area (Å²) in [7, 11) is 0. The summed E-state index contributed by atoms with van der Waals surface area (Å²) in [5.74, 6) is 0.578. The van der Waals surface area contributed by atoms with Crippen molar-refractivity contribution in [2.24, 2.45) is 5.92 Å². The van der Waals surface area contributed by atoms with Crippen LogP contribution in [0.2, 0.25) is 0 Å². The first-order valence-corrected chi connectivity index (χ1v) is 6.46. The molecular weight excluding hydrogens is 214 g/mol. The molecular formula is C11H18ClNS. The van der Waals surface area contributed by atoms with Crippen LogP contribution in [0.5, 0.6) is 0 Å². The summed E-state index contributed by atoms with van der Waals surface area (Å²) < 4.78 is 0. The molecule has 0 aliphatic rings. The van der Waals surface area contributed by atoms with Gasteiger partial charge in [0.15, 0.2) is 0 Å².